The standard InChI is InChI=1S/C16H23FN2O/c1-12-8-9-13(10-15(12)17)18-16(20)11-19(2)14-6-4-3-5-7-14/h8-10,14H,3-7,11H2,1-2H3,(H,18,20). The Morgan fingerprint density at radius 1 is 1.35 bits per heavy atom. The second-order valence-corrected chi connectivity index (χ2v) is 5.72. The molecule has 1 aliphatic rings. The van der Waals surface area contributed by atoms with E-state index in [1.54, 1.807) is 19.1 Å². The van der Waals surface area contributed by atoms with Crippen molar-refractivity contribution in [2.45, 2.75) is 45.1 Å². The Kier molecular flexibility index (Phi) is 5.12. The van der Waals surface area contributed by atoms with Gasteiger partial charge in [0.25, 0.3) is 0 Å². The molecule has 1 aromatic carbocycles. The zero-order valence-corrected chi connectivity index (χ0v) is 12.3. The molecule has 0 aliphatic heterocycles. The summed E-state index contributed by atoms with van der Waals surface area (Å²) >= 11 is 0. The molecule has 0 bridgehead atoms. The van der Waals surface area contributed by atoms with Crippen molar-refractivity contribution in [2.24, 2.45) is 0 Å². The molecule has 0 spiro atoms. The van der Waals surface area contributed by atoms with E-state index in [4.69, 9.17) is 0 Å². The SMILES string of the molecule is Cc1ccc(NC(=O)CN(C)C2CCCCC2)cc1F. The van der Waals surface area contributed by atoms with E-state index in [1.807, 2.05) is 7.05 Å². The van der Waals surface area contributed by atoms with E-state index >= 15 is 0 Å². The Balaban J connectivity index is 1.86. The smallest absolute Gasteiger partial charge is 0.238 e. The van der Waals surface area contributed by atoms with Crippen LogP contribution < -0.4 is 5.32 Å². The maximum absolute atomic E-state index is 13.4. The summed E-state index contributed by atoms with van der Waals surface area (Å²) in [6.45, 7) is 2.07. The molecule has 1 aliphatic carbocycles. The number of rotatable bonds is 4. The summed E-state index contributed by atoms with van der Waals surface area (Å²) in [7, 11) is 1.99. The van der Waals surface area contributed by atoms with Crippen LogP contribution >= 0.6 is 0 Å². The van der Waals surface area contributed by atoms with Crippen LogP contribution in [-0.2, 0) is 4.79 Å². The summed E-state index contributed by atoms with van der Waals surface area (Å²) < 4.78 is 13.4. The van der Waals surface area contributed by atoms with E-state index in [0.29, 0.717) is 23.8 Å². The zero-order valence-electron chi connectivity index (χ0n) is 12.3. The number of hydrogen-bond donors (Lipinski definition) is 1. The minimum atomic E-state index is -0.288. The molecular formula is C16H23FN2O. The lowest BCUT2D eigenvalue weighted by Gasteiger charge is -2.30. The lowest BCUT2D eigenvalue weighted by Crippen LogP contribution is -2.39. The van der Waals surface area contributed by atoms with Crippen molar-refractivity contribution in [1.82, 2.24) is 4.90 Å². The first kappa shape index (κ1) is 15.0. The first-order valence-corrected chi connectivity index (χ1v) is 7.32. The van der Waals surface area contributed by atoms with Gasteiger partial charge in [-0.05, 0) is 44.5 Å². The highest BCUT2D eigenvalue weighted by Crippen LogP contribution is 2.21. The normalized spacial score (nSPS) is 16.4. The third-order valence-electron chi connectivity index (χ3n) is 4.05. The Bertz CT molecular complexity index is 470. The monoisotopic (exact) mass is 278 g/mol. The Morgan fingerprint density at radius 2 is 2.05 bits per heavy atom. The quantitative estimate of drug-likeness (QED) is 0.916. The fourth-order valence-electron chi connectivity index (χ4n) is 2.75. The molecule has 20 heavy (non-hydrogen) atoms. The van der Waals surface area contributed by atoms with Gasteiger partial charge in [-0.15, -0.1) is 0 Å². The number of amides is 1. The van der Waals surface area contributed by atoms with Gasteiger partial charge in [0.05, 0.1) is 6.54 Å². The maximum atomic E-state index is 13.4. The topological polar surface area (TPSA) is 32.3 Å². The van der Waals surface area contributed by atoms with Crippen molar-refractivity contribution in [1.29, 1.82) is 0 Å². The first-order chi connectivity index (χ1) is 9.56. The van der Waals surface area contributed by atoms with Gasteiger partial charge < -0.3 is 5.32 Å². The second kappa shape index (κ2) is 6.84. The lowest BCUT2D eigenvalue weighted by molar-refractivity contribution is -0.117. The predicted octanol–water partition coefficient (Wildman–Crippen LogP) is 3.34. The molecule has 1 aromatic rings. The van der Waals surface area contributed by atoms with Crippen LogP contribution in [-0.4, -0.2) is 30.4 Å². The van der Waals surface area contributed by atoms with Crippen LogP contribution in [0.3, 0.4) is 0 Å². The van der Waals surface area contributed by atoms with E-state index in [2.05, 4.69) is 10.2 Å². The Hall–Kier alpha value is -1.42. The van der Waals surface area contributed by atoms with Crippen molar-refractivity contribution >= 4 is 11.6 Å². The maximum Gasteiger partial charge on any atom is 0.238 e. The number of anilines is 1. The summed E-state index contributed by atoms with van der Waals surface area (Å²) in [5.41, 5.74) is 1.11. The van der Waals surface area contributed by atoms with Gasteiger partial charge >= 0.3 is 0 Å². The highest BCUT2D eigenvalue weighted by Gasteiger charge is 2.19. The lowest BCUT2D eigenvalue weighted by atomic mass is 9.94. The molecule has 1 amide bonds. The molecule has 2 rings (SSSR count). The number of benzene rings is 1. The number of hydrogen-bond acceptors (Lipinski definition) is 2. The number of halogens is 1. The molecule has 1 fully saturated rings. The van der Waals surface area contributed by atoms with Crippen LogP contribution in [0.4, 0.5) is 10.1 Å². The van der Waals surface area contributed by atoms with Crippen molar-refractivity contribution < 1.29 is 9.18 Å². The largest absolute Gasteiger partial charge is 0.325 e. The predicted molar refractivity (Wildman–Crippen MR) is 79.3 cm³/mol. The van der Waals surface area contributed by atoms with Gasteiger partial charge in [0.15, 0.2) is 0 Å². The summed E-state index contributed by atoms with van der Waals surface area (Å²) in [6, 6.07) is 5.28. The molecular weight excluding hydrogens is 255 g/mol. The molecule has 0 heterocycles. The third-order valence-corrected chi connectivity index (χ3v) is 4.05. The van der Waals surface area contributed by atoms with Crippen LogP contribution in [0, 0.1) is 12.7 Å². The summed E-state index contributed by atoms with van der Waals surface area (Å²) in [6.07, 6.45) is 6.14. The van der Waals surface area contributed by atoms with Crippen molar-refractivity contribution in [2.75, 3.05) is 18.9 Å². The molecule has 0 unspecified atom stereocenters. The molecule has 1 saturated carbocycles. The van der Waals surface area contributed by atoms with Gasteiger partial charge in [0, 0.05) is 11.7 Å². The number of nitrogens with one attached hydrogen (secondary N) is 1. The molecule has 0 atom stereocenters. The second-order valence-electron chi connectivity index (χ2n) is 5.72. The van der Waals surface area contributed by atoms with Crippen LogP contribution in [0.2, 0.25) is 0 Å². The molecule has 1 N–H and O–H groups in total. The van der Waals surface area contributed by atoms with Gasteiger partial charge in [-0.3, -0.25) is 9.69 Å². The fourth-order valence-corrected chi connectivity index (χ4v) is 2.75. The zero-order chi connectivity index (χ0) is 14.5. The van der Waals surface area contributed by atoms with Crippen LogP contribution in [0.1, 0.15) is 37.7 Å². The van der Waals surface area contributed by atoms with Gasteiger partial charge in [-0.1, -0.05) is 25.3 Å². The van der Waals surface area contributed by atoms with Crippen molar-refractivity contribution in [3.63, 3.8) is 0 Å². The molecule has 3 nitrogen and oxygen atoms in total. The van der Waals surface area contributed by atoms with Crippen molar-refractivity contribution in [3.8, 4) is 0 Å². The Morgan fingerprint density at radius 3 is 2.70 bits per heavy atom. The van der Waals surface area contributed by atoms with E-state index in [9.17, 15) is 9.18 Å². The minimum absolute atomic E-state index is 0.0821. The molecule has 0 radical (unpaired) electrons. The van der Waals surface area contributed by atoms with E-state index in [0.717, 1.165) is 0 Å². The molecule has 4 heteroatoms. The molecule has 0 saturated heterocycles. The van der Waals surface area contributed by atoms with Gasteiger partial charge in [-0.25, -0.2) is 4.39 Å². The summed E-state index contributed by atoms with van der Waals surface area (Å²) in [5.74, 6) is -0.371. The number of carbonyl (C=O) groups is 1. The molecule has 110 valence electrons. The average Bonchev–Trinajstić information content (AvgIpc) is 2.44. The van der Waals surface area contributed by atoms with Crippen LogP contribution in [0.5, 0.6) is 0 Å². The van der Waals surface area contributed by atoms with Crippen molar-refractivity contribution in [3.05, 3.63) is 29.6 Å². The first-order valence-electron chi connectivity index (χ1n) is 7.32. The van der Waals surface area contributed by atoms with Gasteiger partial charge in [-0.2, -0.15) is 0 Å². The minimum Gasteiger partial charge on any atom is -0.325 e. The van der Waals surface area contributed by atoms with E-state index in [-0.39, 0.29) is 11.7 Å². The average molecular weight is 278 g/mol. The number of carbonyl (C=O) groups excluding carboxylic acids is 1. The summed E-state index contributed by atoms with van der Waals surface area (Å²) in [4.78, 5) is 14.1. The van der Waals surface area contributed by atoms with E-state index in [1.165, 1.54) is 38.2 Å². The third kappa shape index (κ3) is 4.04. The highest BCUT2D eigenvalue weighted by atomic mass is 19.1. The van der Waals surface area contributed by atoms with Crippen LogP contribution in [0.15, 0.2) is 18.2 Å². The van der Waals surface area contributed by atoms with Crippen LogP contribution in [0.25, 0.3) is 0 Å². The molecule has 0 aromatic heterocycles. The number of nitrogens with zero attached hydrogens (tertiary/aromatic N) is 1. The van der Waals surface area contributed by atoms with E-state index < -0.39 is 0 Å². The van der Waals surface area contributed by atoms with Gasteiger partial charge in [0.1, 0.15) is 5.82 Å². The Labute approximate surface area is 120 Å². The summed E-state index contributed by atoms with van der Waals surface area (Å²) in [5, 5.41) is 2.76. The number of likely N-dealkylation sites (N-methyl/N-ethyl adjacent to an activating group) is 1. The number of aryl methyl sites for hydroxylation is 1. The fraction of sp³-hybridized carbons (Fsp3) is 0.562. The highest BCUT2D eigenvalue weighted by molar-refractivity contribution is 5.92. The van der Waals surface area contributed by atoms with Gasteiger partial charge in [0.2, 0.25) is 5.91 Å².